The number of morpholine rings is 1. The molecule has 2 heterocycles. The van der Waals surface area contributed by atoms with Crippen molar-refractivity contribution in [3.8, 4) is 0 Å². The molecule has 0 atom stereocenters. The van der Waals surface area contributed by atoms with Gasteiger partial charge in [0.1, 0.15) is 5.60 Å². The lowest BCUT2D eigenvalue weighted by molar-refractivity contribution is -0.0938. The SMILES string of the molecule is CC(C)(C)OC(=O)N1CCOCC12CNC2.Cl. The molecule has 0 aromatic carbocycles. The van der Waals surface area contributed by atoms with Gasteiger partial charge in [-0.25, -0.2) is 4.79 Å². The monoisotopic (exact) mass is 264 g/mol. The molecule has 2 saturated heterocycles. The van der Waals surface area contributed by atoms with Crippen molar-refractivity contribution in [2.75, 3.05) is 32.8 Å². The second-order valence-electron chi connectivity index (χ2n) is 5.51. The van der Waals surface area contributed by atoms with Gasteiger partial charge in [0, 0.05) is 19.6 Å². The van der Waals surface area contributed by atoms with E-state index in [1.165, 1.54) is 0 Å². The molecular formula is C11H21ClN2O3. The predicted molar refractivity (Wildman–Crippen MR) is 66.6 cm³/mol. The van der Waals surface area contributed by atoms with Gasteiger partial charge in [0.15, 0.2) is 0 Å². The van der Waals surface area contributed by atoms with Crippen LogP contribution in [0.4, 0.5) is 4.79 Å². The maximum absolute atomic E-state index is 12.0. The first-order chi connectivity index (χ1) is 7.43. The normalized spacial score (nSPS) is 22.6. The van der Waals surface area contributed by atoms with Crippen molar-refractivity contribution in [2.45, 2.75) is 31.9 Å². The molecule has 0 aromatic rings. The van der Waals surface area contributed by atoms with Gasteiger partial charge in [-0.1, -0.05) is 0 Å². The first kappa shape index (κ1) is 14.5. The Hall–Kier alpha value is -0.520. The number of hydrogen-bond donors (Lipinski definition) is 1. The molecule has 0 unspecified atom stereocenters. The number of ether oxygens (including phenoxy) is 2. The quantitative estimate of drug-likeness (QED) is 0.710. The first-order valence-corrected chi connectivity index (χ1v) is 5.72. The fourth-order valence-corrected chi connectivity index (χ4v) is 2.04. The summed E-state index contributed by atoms with van der Waals surface area (Å²) in [4.78, 5) is 13.9. The minimum absolute atomic E-state index is 0. The van der Waals surface area contributed by atoms with Crippen molar-refractivity contribution >= 4 is 18.5 Å². The van der Waals surface area contributed by atoms with E-state index in [2.05, 4.69) is 5.32 Å². The largest absolute Gasteiger partial charge is 0.444 e. The van der Waals surface area contributed by atoms with Crippen LogP contribution in [0.2, 0.25) is 0 Å². The molecule has 5 nitrogen and oxygen atoms in total. The molecule has 100 valence electrons. The summed E-state index contributed by atoms with van der Waals surface area (Å²) in [6.45, 7) is 9.08. The lowest BCUT2D eigenvalue weighted by atomic mass is 9.90. The zero-order chi connectivity index (χ0) is 11.8. The summed E-state index contributed by atoms with van der Waals surface area (Å²) in [7, 11) is 0. The molecule has 17 heavy (non-hydrogen) atoms. The van der Waals surface area contributed by atoms with Gasteiger partial charge in [0.2, 0.25) is 0 Å². The van der Waals surface area contributed by atoms with Crippen LogP contribution in [0.25, 0.3) is 0 Å². The van der Waals surface area contributed by atoms with E-state index in [0.717, 1.165) is 13.1 Å². The van der Waals surface area contributed by atoms with Gasteiger partial charge >= 0.3 is 6.09 Å². The summed E-state index contributed by atoms with van der Waals surface area (Å²) < 4.78 is 10.9. The predicted octanol–water partition coefficient (Wildman–Crippen LogP) is 1.02. The average Bonchev–Trinajstić information content (AvgIpc) is 2.12. The summed E-state index contributed by atoms with van der Waals surface area (Å²) in [5.41, 5.74) is -0.603. The van der Waals surface area contributed by atoms with Gasteiger partial charge in [-0.05, 0) is 20.8 Å². The van der Waals surface area contributed by atoms with Crippen LogP contribution in [-0.2, 0) is 9.47 Å². The third-order valence-electron chi connectivity index (χ3n) is 2.92. The van der Waals surface area contributed by atoms with E-state index in [4.69, 9.17) is 9.47 Å². The minimum atomic E-state index is -0.437. The third-order valence-corrected chi connectivity index (χ3v) is 2.92. The number of amides is 1. The van der Waals surface area contributed by atoms with E-state index >= 15 is 0 Å². The van der Waals surface area contributed by atoms with E-state index in [9.17, 15) is 4.79 Å². The van der Waals surface area contributed by atoms with Crippen molar-refractivity contribution in [1.82, 2.24) is 10.2 Å². The van der Waals surface area contributed by atoms with Crippen molar-refractivity contribution in [3.05, 3.63) is 0 Å². The Morgan fingerprint density at radius 2 is 2.06 bits per heavy atom. The molecule has 0 radical (unpaired) electrons. The molecule has 0 aliphatic carbocycles. The molecule has 1 N–H and O–H groups in total. The summed E-state index contributed by atoms with van der Waals surface area (Å²) >= 11 is 0. The Morgan fingerprint density at radius 1 is 1.41 bits per heavy atom. The highest BCUT2D eigenvalue weighted by atomic mass is 35.5. The molecule has 2 fully saturated rings. The number of nitrogens with one attached hydrogen (secondary N) is 1. The van der Waals surface area contributed by atoms with E-state index in [1.54, 1.807) is 0 Å². The Morgan fingerprint density at radius 3 is 2.53 bits per heavy atom. The Bertz CT molecular complexity index is 287. The molecule has 2 aliphatic rings. The first-order valence-electron chi connectivity index (χ1n) is 5.72. The minimum Gasteiger partial charge on any atom is -0.444 e. The average molecular weight is 265 g/mol. The third kappa shape index (κ3) is 3.03. The van der Waals surface area contributed by atoms with Crippen molar-refractivity contribution < 1.29 is 14.3 Å². The molecule has 6 heteroatoms. The number of hydrogen-bond acceptors (Lipinski definition) is 4. The Kier molecular flexibility index (Phi) is 4.28. The smallest absolute Gasteiger partial charge is 0.411 e. The van der Waals surface area contributed by atoms with Gasteiger partial charge in [0.05, 0.1) is 18.8 Å². The number of carbonyl (C=O) groups is 1. The molecule has 1 amide bonds. The number of nitrogens with zero attached hydrogens (tertiary/aromatic N) is 1. The topological polar surface area (TPSA) is 50.8 Å². The van der Waals surface area contributed by atoms with Crippen LogP contribution in [0.1, 0.15) is 20.8 Å². The molecule has 2 aliphatic heterocycles. The van der Waals surface area contributed by atoms with E-state index in [-0.39, 0.29) is 24.0 Å². The van der Waals surface area contributed by atoms with Crippen LogP contribution in [0.3, 0.4) is 0 Å². The van der Waals surface area contributed by atoms with Gasteiger partial charge in [0.25, 0.3) is 0 Å². The fourth-order valence-electron chi connectivity index (χ4n) is 2.04. The Labute approximate surface area is 108 Å². The Balaban J connectivity index is 0.00000144. The number of rotatable bonds is 0. The number of carbonyl (C=O) groups excluding carboxylic acids is 1. The molecule has 0 bridgehead atoms. The molecular weight excluding hydrogens is 244 g/mol. The van der Waals surface area contributed by atoms with Gasteiger partial charge in [-0.15, -0.1) is 12.4 Å². The maximum atomic E-state index is 12.0. The standard InChI is InChI=1S/C11H20N2O3.ClH/c1-10(2,3)16-9(14)13-4-5-15-8-11(13)6-12-7-11;/h12H,4-8H2,1-3H3;1H. The van der Waals surface area contributed by atoms with Gasteiger partial charge in [-0.3, -0.25) is 4.90 Å². The van der Waals surface area contributed by atoms with E-state index in [0.29, 0.717) is 19.8 Å². The summed E-state index contributed by atoms with van der Waals surface area (Å²) in [6.07, 6.45) is -0.225. The van der Waals surface area contributed by atoms with Crippen molar-refractivity contribution in [2.24, 2.45) is 0 Å². The fraction of sp³-hybridized carbons (Fsp3) is 0.909. The van der Waals surface area contributed by atoms with Crippen LogP contribution in [0, 0.1) is 0 Å². The summed E-state index contributed by atoms with van der Waals surface area (Å²) in [5, 5.41) is 3.19. The highest BCUT2D eigenvalue weighted by molar-refractivity contribution is 5.85. The van der Waals surface area contributed by atoms with E-state index < -0.39 is 5.60 Å². The molecule has 0 aromatic heterocycles. The van der Waals surface area contributed by atoms with Crippen LogP contribution in [-0.4, -0.2) is 55.0 Å². The second-order valence-corrected chi connectivity index (χ2v) is 5.51. The van der Waals surface area contributed by atoms with Crippen LogP contribution in [0.15, 0.2) is 0 Å². The highest BCUT2D eigenvalue weighted by Gasteiger charge is 2.48. The zero-order valence-electron chi connectivity index (χ0n) is 10.6. The molecule has 1 spiro atoms. The maximum Gasteiger partial charge on any atom is 0.411 e. The lowest BCUT2D eigenvalue weighted by Crippen LogP contribution is -2.74. The van der Waals surface area contributed by atoms with Crippen LogP contribution < -0.4 is 5.32 Å². The van der Waals surface area contributed by atoms with Crippen molar-refractivity contribution in [1.29, 1.82) is 0 Å². The highest BCUT2D eigenvalue weighted by Crippen LogP contribution is 2.26. The van der Waals surface area contributed by atoms with Crippen LogP contribution in [0.5, 0.6) is 0 Å². The summed E-state index contributed by atoms with van der Waals surface area (Å²) in [5.74, 6) is 0. The summed E-state index contributed by atoms with van der Waals surface area (Å²) in [6, 6.07) is 0. The second kappa shape index (κ2) is 5.00. The number of halogens is 1. The lowest BCUT2D eigenvalue weighted by Gasteiger charge is -2.52. The van der Waals surface area contributed by atoms with E-state index in [1.807, 2.05) is 25.7 Å². The molecule has 2 rings (SSSR count). The van der Waals surface area contributed by atoms with Gasteiger partial charge < -0.3 is 14.8 Å². The molecule has 0 saturated carbocycles. The van der Waals surface area contributed by atoms with Crippen LogP contribution >= 0.6 is 12.4 Å². The van der Waals surface area contributed by atoms with Crippen molar-refractivity contribution in [3.63, 3.8) is 0 Å². The zero-order valence-corrected chi connectivity index (χ0v) is 11.4. The van der Waals surface area contributed by atoms with Gasteiger partial charge in [-0.2, -0.15) is 0 Å².